The van der Waals surface area contributed by atoms with E-state index in [0.717, 1.165) is 6.07 Å². The van der Waals surface area contributed by atoms with E-state index in [2.05, 4.69) is 5.32 Å². The number of hydrogen-bond acceptors (Lipinski definition) is 2. The quantitative estimate of drug-likeness (QED) is 0.855. The number of hydrogen-bond donors (Lipinski definition) is 2. The van der Waals surface area contributed by atoms with E-state index in [1.165, 1.54) is 0 Å². The van der Waals surface area contributed by atoms with Crippen molar-refractivity contribution >= 4 is 17.6 Å². The maximum Gasteiger partial charge on any atom is 0.340 e. The average Bonchev–Trinajstić information content (AvgIpc) is 2.13. The van der Waals surface area contributed by atoms with Gasteiger partial charge in [-0.3, -0.25) is 4.79 Å². The van der Waals surface area contributed by atoms with Crippen LogP contribution in [0.2, 0.25) is 0 Å². The third kappa shape index (κ3) is 3.03. The number of rotatable bonds is 2. The van der Waals surface area contributed by atoms with Gasteiger partial charge in [-0.2, -0.15) is 0 Å². The lowest BCUT2D eigenvalue weighted by Gasteiger charge is -2.18. The molecule has 4 nitrogen and oxygen atoms in total. The topological polar surface area (TPSA) is 66.4 Å². The lowest BCUT2D eigenvalue weighted by atomic mass is 9.95. The Morgan fingerprint density at radius 3 is 2.22 bits per heavy atom. The Balaban J connectivity index is 3.24. The molecule has 6 heteroatoms. The van der Waals surface area contributed by atoms with Crippen molar-refractivity contribution in [3.63, 3.8) is 0 Å². The normalized spacial score (nSPS) is 11.2. The fourth-order valence-electron chi connectivity index (χ4n) is 1.20. The van der Waals surface area contributed by atoms with Crippen LogP contribution in [-0.2, 0) is 4.79 Å². The van der Waals surface area contributed by atoms with Gasteiger partial charge in [-0.15, -0.1) is 0 Å². The molecule has 0 saturated heterocycles. The zero-order valence-electron chi connectivity index (χ0n) is 10.2. The van der Waals surface area contributed by atoms with Gasteiger partial charge in [0.05, 0.1) is 5.69 Å². The number of aromatic carboxylic acids is 1. The highest BCUT2D eigenvalue weighted by Crippen LogP contribution is 2.24. The van der Waals surface area contributed by atoms with Gasteiger partial charge in [0.1, 0.15) is 17.2 Å². The smallest absolute Gasteiger partial charge is 0.340 e. The van der Waals surface area contributed by atoms with Gasteiger partial charge in [0.2, 0.25) is 5.91 Å². The van der Waals surface area contributed by atoms with Crippen molar-refractivity contribution in [2.45, 2.75) is 20.8 Å². The van der Waals surface area contributed by atoms with Crippen molar-refractivity contribution in [3.05, 3.63) is 29.3 Å². The van der Waals surface area contributed by atoms with Gasteiger partial charge in [0.15, 0.2) is 0 Å². The number of amides is 1. The van der Waals surface area contributed by atoms with E-state index in [9.17, 15) is 18.4 Å². The SMILES string of the molecule is CC(C)(C)C(=O)Nc1cc(F)cc(F)c1C(=O)O. The Hall–Kier alpha value is -1.98. The second kappa shape index (κ2) is 4.72. The summed E-state index contributed by atoms with van der Waals surface area (Å²) in [5.41, 5.74) is -1.95. The first kappa shape index (κ1) is 14.1. The zero-order chi connectivity index (χ0) is 14.1. The summed E-state index contributed by atoms with van der Waals surface area (Å²) < 4.78 is 26.4. The molecule has 1 aromatic carbocycles. The van der Waals surface area contributed by atoms with Gasteiger partial charge in [0.25, 0.3) is 0 Å². The summed E-state index contributed by atoms with van der Waals surface area (Å²) in [6.45, 7) is 4.79. The molecule has 0 radical (unpaired) electrons. The minimum Gasteiger partial charge on any atom is -0.478 e. The fraction of sp³-hybridized carbons (Fsp3) is 0.333. The second-order valence-electron chi connectivity index (χ2n) is 4.82. The third-order valence-corrected chi connectivity index (χ3v) is 2.20. The van der Waals surface area contributed by atoms with Crippen molar-refractivity contribution in [1.29, 1.82) is 0 Å². The van der Waals surface area contributed by atoms with Crippen LogP contribution < -0.4 is 5.32 Å². The Kier molecular flexibility index (Phi) is 3.69. The molecule has 0 spiro atoms. The highest BCUT2D eigenvalue weighted by molar-refractivity contribution is 6.02. The molecule has 98 valence electrons. The molecule has 0 aliphatic rings. The maximum atomic E-state index is 13.3. The molecule has 1 amide bonds. The van der Waals surface area contributed by atoms with Crippen LogP contribution in [0.1, 0.15) is 31.1 Å². The van der Waals surface area contributed by atoms with Gasteiger partial charge >= 0.3 is 5.97 Å². The molecular formula is C12H13F2NO3. The predicted octanol–water partition coefficient (Wildman–Crippen LogP) is 2.65. The van der Waals surface area contributed by atoms with E-state index in [1.807, 2.05) is 0 Å². The van der Waals surface area contributed by atoms with Crippen LogP contribution in [0.15, 0.2) is 12.1 Å². The van der Waals surface area contributed by atoms with Crippen LogP contribution in [0.5, 0.6) is 0 Å². The van der Waals surface area contributed by atoms with Gasteiger partial charge in [0, 0.05) is 11.5 Å². The van der Waals surface area contributed by atoms with Crippen LogP contribution in [0.3, 0.4) is 0 Å². The second-order valence-corrected chi connectivity index (χ2v) is 4.82. The molecule has 0 unspecified atom stereocenters. The number of halogens is 2. The lowest BCUT2D eigenvalue weighted by Crippen LogP contribution is -2.28. The largest absolute Gasteiger partial charge is 0.478 e. The molecule has 0 aliphatic carbocycles. The van der Waals surface area contributed by atoms with E-state index in [-0.39, 0.29) is 5.69 Å². The summed E-state index contributed by atoms with van der Waals surface area (Å²) in [6, 6.07) is 1.23. The molecule has 0 aliphatic heterocycles. The Labute approximate surface area is 103 Å². The van der Waals surface area contributed by atoms with Crippen molar-refractivity contribution in [3.8, 4) is 0 Å². The number of carbonyl (C=O) groups is 2. The van der Waals surface area contributed by atoms with E-state index < -0.39 is 34.5 Å². The van der Waals surface area contributed by atoms with Gasteiger partial charge in [-0.05, 0) is 6.07 Å². The molecular weight excluding hydrogens is 244 g/mol. The maximum absolute atomic E-state index is 13.3. The van der Waals surface area contributed by atoms with Gasteiger partial charge in [-0.25, -0.2) is 13.6 Å². The summed E-state index contributed by atoms with van der Waals surface area (Å²) in [4.78, 5) is 22.6. The molecule has 0 heterocycles. The summed E-state index contributed by atoms with van der Waals surface area (Å²) in [6.07, 6.45) is 0. The van der Waals surface area contributed by atoms with Crippen LogP contribution in [0.4, 0.5) is 14.5 Å². The number of anilines is 1. The summed E-state index contributed by atoms with van der Waals surface area (Å²) in [5, 5.41) is 11.1. The molecule has 0 fully saturated rings. The van der Waals surface area contributed by atoms with Gasteiger partial charge < -0.3 is 10.4 Å². The Bertz CT molecular complexity index is 507. The summed E-state index contributed by atoms with van der Waals surface area (Å²) in [7, 11) is 0. The minimum absolute atomic E-state index is 0.389. The van der Waals surface area contributed by atoms with Crippen molar-refractivity contribution in [1.82, 2.24) is 0 Å². The number of carboxylic acids is 1. The molecule has 0 atom stereocenters. The molecule has 0 bridgehead atoms. The van der Waals surface area contributed by atoms with E-state index in [4.69, 9.17) is 5.11 Å². The zero-order valence-corrected chi connectivity index (χ0v) is 10.2. The highest BCUT2D eigenvalue weighted by atomic mass is 19.1. The highest BCUT2D eigenvalue weighted by Gasteiger charge is 2.25. The molecule has 0 aromatic heterocycles. The summed E-state index contributed by atoms with van der Waals surface area (Å²) in [5.74, 6) is -4.29. The molecule has 18 heavy (non-hydrogen) atoms. The van der Waals surface area contributed by atoms with E-state index in [0.29, 0.717) is 6.07 Å². The van der Waals surface area contributed by atoms with Crippen LogP contribution in [-0.4, -0.2) is 17.0 Å². The first-order valence-electron chi connectivity index (χ1n) is 5.16. The molecule has 0 saturated carbocycles. The first-order valence-corrected chi connectivity index (χ1v) is 5.16. The third-order valence-electron chi connectivity index (χ3n) is 2.20. The van der Waals surface area contributed by atoms with Crippen LogP contribution in [0, 0.1) is 17.0 Å². The first-order chi connectivity index (χ1) is 8.12. The number of benzene rings is 1. The molecule has 1 aromatic rings. The number of carbonyl (C=O) groups excluding carboxylic acids is 1. The van der Waals surface area contributed by atoms with Crippen LogP contribution in [0.25, 0.3) is 0 Å². The molecule has 1 rings (SSSR count). The number of nitrogens with one attached hydrogen (secondary N) is 1. The van der Waals surface area contributed by atoms with Crippen LogP contribution >= 0.6 is 0 Å². The van der Waals surface area contributed by atoms with Crippen molar-refractivity contribution in [2.24, 2.45) is 5.41 Å². The monoisotopic (exact) mass is 257 g/mol. The Morgan fingerprint density at radius 1 is 1.22 bits per heavy atom. The van der Waals surface area contributed by atoms with Crippen molar-refractivity contribution < 1.29 is 23.5 Å². The van der Waals surface area contributed by atoms with E-state index >= 15 is 0 Å². The average molecular weight is 257 g/mol. The molecule has 2 N–H and O–H groups in total. The fourth-order valence-corrected chi connectivity index (χ4v) is 1.20. The summed E-state index contributed by atoms with van der Waals surface area (Å²) >= 11 is 0. The van der Waals surface area contributed by atoms with E-state index in [1.54, 1.807) is 20.8 Å². The predicted molar refractivity (Wildman–Crippen MR) is 61.4 cm³/mol. The number of carboxylic acid groups (broad SMARTS) is 1. The van der Waals surface area contributed by atoms with Crippen molar-refractivity contribution in [2.75, 3.05) is 5.32 Å². The lowest BCUT2D eigenvalue weighted by molar-refractivity contribution is -0.123. The van der Waals surface area contributed by atoms with Gasteiger partial charge in [-0.1, -0.05) is 20.8 Å². The minimum atomic E-state index is -1.57. The Morgan fingerprint density at radius 2 is 1.78 bits per heavy atom. The standard InChI is InChI=1S/C12H13F2NO3/c1-12(2,3)11(18)15-8-5-6(13)4-7(14)9(8)10(16)17/h4-5H,1-3H3,(H,15,18)(H,16,17).